The van der Waals surface area contributed by atoms with E-state index in [-0.39, 0.29) is 30.0 Å². The zero-order valence-corrected chi connectivity index (χ0v) is 16.8. The molecule has 3 rings (SSSR count). The molecule has 2 amide bonds. The Morgan fingerprint density at radius 1 is 1.19 bits per heavy atom. The average molecular weight is 396 g/mol. The number of carbonyl (C=O) groups excluding carboxylic acids is 1. The number of morpholine rings is 1. The number of nitrogens with zero attached hydrogens (tertiary/aromatic N) is 2. The van der Waals surface area contributed by atoms with E-state index in [1.165, 1.54) is 4.31 Å². The van der Waals surface area contributed by atoms with Crippen molar-refractivity contribution in [3.05, 3.63) is 35.9 Å². The molecule has 1 aromatic rings. The van der Waals surface area contributed by atoms with E-state index in [1.807, 2.05) is 37.3 Å². The molecule has 0 radical (unpaired) electrons. The Labute approximate surface area is 161 Å². The minimum Gasteiger partial charge on any atom is -0.367 e. The highest BCUT2D eigenvalue weighted by Gasteiger charge is 2.32. The van der Waals surface area contributed by atoms with Crippen molar-refractivity contribution < 1.29 is 17.9 Å². The molecule has 0 saturated carbocycles. The third-order valence-corrected chi connectivity index (χ3v) is 7.14. The first-order valence-electron chi connectivity index (χ1n) is 9.62. The van der Waals surface area contributed by atoms with Crippen molar-refractivity contribution in [1.82, 2.24) is 14.5 Å². The molecular weight excluding hydrogens is 366 g/mol. The molecule has 2 aliphatic rings. The van der Waals surface area contributed by atoms with E-state index in [4.69, 9.17) is 4.74 Å². The van der Waals surface area contributed by atoms with Crippen LogP contribution in [0.25, 0.3) is 0 Å². The minimum absolute atomic E-state index is 0.00846. The maximum absolute atomic E-state index is 12.8. The molecule has 2 fully saturated rings. The Bertz CT molecular complexity index is 733. The number of nitrogens with one attached hydrogen (secondary N) is 1. The Hall–Kier alpha value is -1.64. The molecule has 0 aromatic heterocycles. The number of hydrogen-bond acceptors (Lipinski definition) is 4. The lowest BCUT2D eigenvalue weighted by molar-refractivity contribution is -0.0660. The van der Waals surface area contributed by atoms with Crippen molar-refractivity contribution in [2.24, 2.45) is 0 Å². The minimum atomic E-state index is -3.15. The van der Waals surface area contributed by atoms with Crippen LogP contribution in [0.2, 0.25) is 0 Å². The molecule has 7 nitrogen and oxygen atoms in total. The van der Waals surface area contributed by atoms with Crippen LogP contribution in [0.3, 0.4) is 0 Å². The molecule has 2 heterocycles. The molecule has 0 aliphatic carbocycles. The molecular formula is C19H29N3O4S. The van der Waals surface area contributed by atoms with Crippen LogP contribution in [0.15, 0.2) is 30.3 Å². The SMILES string of the molecule is CCS(=O)(=O)N1CCC(NC(=O)N2CC(C)OC(c3ccccc3)C2)CC1. The predicted molar refractivity (Wildman–Crippen MR) is 104 cm³/mol. The fraction of sp³-hybridized carbons (Fsp3) is 0.632. The van der Waals surface area contributed by atoms with Gasteiger partial charge in [-0.1, -0.05) is 30.3 Å². The van der Waals surface area contributed by atoms with E-state index < -0.39 is 10.0 Å². The largest absolute Gasteiger partial charge is 0.367 e. The summed E-state index contributed by atoms with van der Waals surface area (Å²) in [4.78, 5) is 14.6. The van der Waals surface area contributed by atoms with Crippen molar-refractivity contribution in [3.63, 3.8) is 0 Å². The topological polar surface area (TPSA) is 79.0 Å². The van der Waals surface area contributed by atoms with Crippen LogP contribution in [-0.4, -0.2) is 67.7 Å². The van der Waals surface area contributed by atoms with Crippen molar-refractivity contribution in [2.75, 3.05) is 31.9 Å². The molecule has 2 saturated heterocycles. The van der Waals surface area contributed by atoms with Crippen LogP contribution in [0, 0.1) is 0 Å². The van der Waals surface area contributed by atoms with E-state index in [1.54, 1.807) is 11.8 Å². The van der Waals surface area contributed by atoms with E-state index in [0.717, 1.165) is 5.56 Å². The van der Waals surface area contributed by atoms with Gasteiger partial charge in [0, 0.05) is 25.7 Å². The number of sulfonamides is 1. The predicted octanol–water partition coefficient (Wildman–Crippen LogP) is 1.97. The van der Waals surface area contributed by atoms with Crippen LogP contribution in [0.4, 0.5) is 4.79 Å². The standard InChI is InChI=1S/C19H29N3O4S/c1-3-27(24,25)22-11-9-17(10-12-22)20-19(23)21-13-15(2)26-18(14-21)16-7-5-4-6-8-16/h4-8,15,17-18H,3,9-14H2,1-2H3,(H,20,23). The Morgan fingerprint density at radius 3 is 2.48 bits per heavy atom. The molecule has 150 valence electrons. The molecule has 27 heavy (non-hydrogen) atoms. The van der Waals surface area contributed by atoms with Gasteiger partial charge in [-0.2, -0.15) is 0 Å². The average Bonchev–Trinajstić information content (AvgIpc) is 2.68. The summed E-state index contributed by atoms with van der Waals surface area (Å²) in [6.45, 7) is 5.64. The van der Waals surface area contributed by atoms with Gasteiger partial charge in [-0.15, -0.1) is 0 Å². The number of urea groups is 1. The molecule has 1 aromatic carbocycles. The second kappa shape index (κ2) is 8.58. The van der Waals surface area contributed by atoms with Crippen LogP contribution < -0.4 is 5.32 Å². The Kier molecular flexibility index (Phi) is 6.39. The second-order valence-corrected chi connectivity index (χ2v) is 9.53. The quantitative estimate of drug-likeness (QED) is 0.845. The lowest BCUT2D eigenvalue weighted by atomic mass is 10.1. The fourth-order valence-corrected chi connectivity index (χ4v) is 4.83. The van der Waals surface area contributed by atoms with Crippen LogP contribution in [0.1, 0.15) is 38.4 Å². The second-order valence-electron chi connectivity index (χ2n) is 7.27. The van der Waals surface area contributed by atoms with Crippen LogP contribution in [-0.2, 0) is 14.8 Å². The normalized spacial score (nSPS) is 25.3. The van der Waals surface area contributed by atoms with Crippen molar-refractivity contribution >= 4 is 16.1 Å². The van der Waals surface area contributed by atoms with Crippen molar-refractivity contribution in [3.8, 4) is 0 Å². The van der Waals surface area contributed by atoms with Gasteiger partial charge in [0.2, 0.25) is 10.0 Å². The molecule has 1 N–H and O–H groups in total. The van der Waals surface area contributed by atoms with Gasteiger partial charge in [-0.05, 0) is 32.3 Å². The zero-order valence-electron chi connectivity index (χ0n) is 16.0. The summed E-state index contributed by atoms with van der Waals surface area (Å²) in [7, 11) is -3.15. The number of piperidine rings is 1. The summed E-state index contributed by atoms with van der Waals surface area (Å²) in [6, 6.07) is 9.86. The van der Waals surface area contributed by atoms with Gasteiger partial charge >= 0.3 is 6.03 Å². The lowest BCUT2D eigenvalue weighted by Gasteiger charge is -2.38. The summed E-state index contributed by atoms with van der Waals surface area (Å²) in [5.41, 5.74) is 1.07. The first-order valence-corrected chi connectivity index (χ1v) is 11.2. The third-order valence-electron chi connectivity index (χ3n) is 5.26. The van der Waals surface area contributed by atoms with E-state index in [2.05, 4.69) is 5.32 Å². The van der Waals surface area contributed by atoms with Gasteiger partial charge in [0.05, 0.1) is 18.4 Å². The molecule has 2 atom stereocenters. The maximum atomic E-state index is 12.8. The number of ether oxygens (including phenoxy) is 1. The van der Waals surface area contributed by atoms with E-state index in [0.29, 0.717) is 39.0 Å². The van der Waals surface area contributed by atoms with E-state index >= 15 is 0 Å². The summed E-state index contributed by atoms with van der Waals surface area (Å²) >= 11 is 0. The molecule has 8 heteroatoms. The number of benzene rings is 1. The molecule has 0 bridgehead atoms. The van der Waals surface area contributed by atoms with Crippen LogP contribution in [0.5, 0.6) is 0 Å². The highest BCUT2D eigenvalue weighted by molar-refractivity contribution is 7.89. The number of rotatable bonds is 4. The summed E-state index contributed by atoms with van der Waals surface area (Å²) < 4.78 is 31.4. The maximum Gasteiger partial charge on any atom is 0.317 e. The highest BCUT2D eigenvalue weighted by atomic mass is 32.2. The number of hydrogen-bond donors (Lipinski definition) is 1. The Balaban J connectivity index is 1.55. The first-order chi connectivity index (χ1) is 12.9. The van der Waals surface area contributed by atoms with Gasteiger partial charge in [0.1, 0.15) is 6.10 Å². The first kappa shape index (κ1) is 20.1. The van der Waals surface area contributed by atoms with Gasteiger partial charge < -0.3 is 15.0 Å². The van der Waals surface area contributed by atoms with Crippen LogP contribution >= 0.6 is 0 Å². The fourth-order valence-electron chi connectivity index (χ4n) is 3.70. The number of amides is 2. The zero-order chi connectivity index (χ0) is 19.4. The Morgan fingerprint density at radius 2 is 1.85 bits per heavy atom. The molecule has 2 unspecified atom stereocenters. The molecule has 2 aliphatic heterocycles. The van der Waals surface area contributed by atoms with Gasteiger partial charge in [-0.3, -0.25) is 0 Å². The summed E-state index contributed by atoms with van der Waals surface area (Å²) in [5, 5.41) is 3.08. The highest BCUT2D eigenvalue weighted by Crippen LogP contribution is 2.25. The summed E-state index contributed by atoms with van der Waals surface area (Å²) in [5.74, 6) is 0.122. The smallest absolute Gasteiger partial charge is 0.317 e. The summed E-state index contributed by atoms with van der Waals surface area (Å²) in [6.07, 6.45) is 1.13. The van der Waals surface area contributed by atoms with Gasteiger partial charge in [0.15, 0.2) is 0 Å². The number of carbonyl (C=O) groups is 1. The molecule has 0 spiro atoms. The van der Waals surface area contributed by atoms with Gasteiger partial charge in [0.25, 0.3) is 0 Å². The lowest BCUT2D eigenvalue weighted by Crippen LogP contribution is -2.54. The monoisotopic (exact) mass is 395 g/mol. The third kappa shape index (κ3) is 5.00. The van der Waals surface area contributed by atoms with E-state index in [9.17, 15) is 13.2 Å². The van der Waals surface area contributed by atoms with Crippen molar-refractivity contribution in [2.45, 2.75) is 44.9 Å². The van der Waals surface area contributed by atoms with Crippen molar-refractivity contribution in [1.29, 1.82) is 0 Å². The van der Waals surface area contributed by atoms with Gasteiger partial charge in [-0.25, -0.2) is 17.5 Å².